The number of benzene rings is 1. The van der Waals surface area contributed by atoms with Gasteiger partial charge in [-0.25, -0.2) is 9.79 Å². The Morgan fingerprint density at radius 1 is 1.15 bits per heavy atom. The number of carbonyl (C=O) groups excluding carboxylic acids is 2. The summed E-state index contributed by atoms with van der Waals surface area (Å²) in [5.41, 5.74) is 0. The number of ether oxygens (including phenoxy) is 2. The van der Waals surface area contributed by atoms with E-state index in [1.54, 1.807) is 38.4 Å². The van der Waals surface area contributed by atoms with E-state index >= 15 is 0 Å². The Balaban J connectivity index is 1.47. The fraction of sp³-hybridized carbons (Fsp3) is 0.591. The molecule has 180 valence electrons. The third-order valence-corrected chi connectivity index (χ3v) is 6.35. The number of urea groups is 1. The molecule has 2 saturated heterocycles. The average molecular weight is 461 g/mol. The van der Waals surface area contributed by atoms with Crippen LogP contribution in [-0.2, 0) is 4.79 Å². The summed E-state index contributed by atoms with van der Waals surface area (Å²) < 4.78 is 10.9. The van der Waals surface area contributed by atoms with Gasteiger partial charge >= 0.3 is 6.03 Å². The first-order valence-corrected chi connectivity index (χ1v) is 11.3. The number of carbonyl (C=O) groups is 2. The van der Waals surface area contributed by atoms with Crippen molar-refractivity contribution in [1.82, 2.24) is 24.9 Å². The molecule has 3 aliphatic heterocycles. The standard InChI is InChI=1S/C22H32N6O5/c1-4-26-9-11-27(12-10-26)21-23-19-18(20(30)24-22(31)25(19)2)28(21)13-15(29)14-33-17-7-5-16(32-3)6-8-17/h5-8,15,18-19,29H,4,9-14H2,1-3H3,(H,24,30,31). The van der Waals surface area contributed by atoms with Crippen LogP contribution in [0.25, 0.3) is 0 Å². The molecule has 3 unspecified atom stereocenters. The van der Waals surface area contributed by atoms with Crippen LogP contribution in [0.5, 0.6) is 11.5 Å². The second-order valence-electron chi connectivity index (χ2n) is 8.41. The molecule has 0 aliphatic carbocycles. The molecule has 11 nitrogen and oxygen atoms in total. The molecule has 0 bridgehead atoms. The van der Waals surface area contributed by atoms with E-state index in [1.165, 1.54) is 4.90 Å². The lowest BCUT2D eigenvalue weighted by molar-refractivity contribution is -0.127. The molecule has 33 heavy (non-hydrogen) atoms. The predicted octanol–water partition coefficient (Wildman–Crippen LogP) is -0.380. The maximum Gasteiger partial charge on any atom is 0.325 e. The van der Waals surface area contributed by atoms with E-state index in [0.717, 1.165) is 38.5 Å². The zero-order valence-electron chi connectivity index (χ0n) is 19.3. The lowest BCUT2D eigenvalue weighted by Crippen LogP contribution is -2.65. The van der Waals surface area contributed by atoms with Crippen LogP contribution >= 0.6 is 0 Å². The van der Waals surface area contributed by atoms with E-state index in [9.17, 15) is 14.7 Å². The van der Waals surface area contributed by atoms with E-state index in [1.807, 2.05) is 4.90 Å². The molecule has 3 amide bonds. The highest BCUT2D eigenvalue weighted by Crippen LogP contribution is 2.26. The number of nitrogens with one attached hydrogen (secondary N) is 1. The Morgan fingerprint density at radius 2 is 1.82 bits per heavy atom. The summed E-state index contributed by atoms with van der Waals surface area (Å²) in [5, 5.41) is 13.2. The summed E-state index contributed by atoms with van der Waals surface area (Å²) in [6, 6.07) is 5.95. The quantitative estimate of drug-likeness (QED) is 0.567. The Hall–Kier alpha value is -3.05. The van der Waals surface area contributed by atoms with Crippen molar-refractivity contribution < 1.29 is 24.2 Å². The predicted molar refractivity (Wildman–Crippen MR) is 121 cm³/mol. The van der Waals surface area contributed by atoms with Crippen LogP contribution in [0.15, 0.2) is 29.3 Å². The average Bonchev–Trinajstić information content (AvgIpc) is 3.21. The van der Waals surface area contributed by atoms with Crippen LogP contribution in [0.2, 0.25) is 0 Å². The number of guanidine groups is 1. The fourth-order valence-electron chi connectivity index (χ4n) is 4.38. The molecular weight excluding hydrogens is 428 g/mol. The monoisotopic (exact) mass is 460 g/mol. The number of fused-ring (bicyclic) bond motifs is 1. The third-order valence-electron chi connectivity index (χ3n) is 6.35. The van der Waals surface area contributed by atoms with Gasteiger partial charge in [0.1, 0.15) is 24.2 Å². The minimum Gasteiger partial charge on any atom is -0.497 e. The number of imide groups is 1. The number of nitrogens with zero attached hydrogens (tertiary/aromatic N) is 5. The molecule has 0 saturated carbocycles. The molecule has 3 aliphatic rings. The molecule has 4 rings (SSSR count). The summed E-state index contributed by atoms with van der Waals surface area (Å²) in [6.45, 7) is 6.63. The van der Waals surface area contributed by atoms with Crippen molar-refractivity contribution in [2.24, 2.45) is 4.99 Å². The number of piperazine rings is 1. The van der Waals surface area contributed by atoms with E-state index < -0.39 is 30.2 Å². The van der Waals surface area contributed by atoms with Crippen LogP contribution in [0.1, 0.15) is 6.92 Å². The van der Waals surface area contributed by atoms with Gasteiger partial charge in [0.25, 0.3) is 5.91 Å². The lowest BCUT2D eigenvalue weighted by Gasteiger charge is -2.40. The first-order chi connectivity index (χ1) is 15.9. The van der Waals surface area contributed by atoms with Gasteiger partial charge in [-0.15, -0.1) is 0 Å². The molecule has 1 aromatic carbocycles. The minimum absolute atomic E-state index is 0.0491. The van der Waals surface area contributed by atoms with Crippen molar-refractivity contribution >= 4 is 17.9 Å². The van der Waals surface area contributed by atoms with Gasteiger partial charge in [-0.2, -0.15) is 0 Å². The molecular formula is C22H32N6O5. The lowest BCUT2D eigenvalue weighted by atomic mass is 10.1. The van der Waals surface area contributed by atoms with Crippen molar-refractivity contribution in [2.45, 2.75) is 25.2 Å². The molecule has 2 fully saturated rings. The van der Waals surface area contributed by atoms with Crippen LogP contribution in [0, 0.1) is 0 Å². The van der Waals surface area contributed by atoms with Gasteiger partial charge in [-0.1, -0.05) is 6.92 Å². The minimum atomic E-state index is -0.872. The van der Waals surface area contributed by atoms with E-state index in [0.29, 0.717) is 11.7 Å². The van der Waals surface area contributed by atoms with E-state index in [2.05, 4.69) is 22.0 Å². The molecule has 3 atom stereocenters. The molecule has 1 aromatic rings. The third kappa shape index (κ3) is 4.83. The maximum absolute atomic E-state index is 12.8. The first-order valence-electron chi connectivity index (χ1n) is 11.3. The number of aliphatic hydroxyl groups excluding tert-OH is 1. The maximum atomic E-state index is 12.8. The van der Waals surface area contributed by atoms with Crippen LogP contribution in [0.3, 0.4) is 0 Å². The Bertz CT molecular complexity index is 886. The normalized spacial score (nSPS) is 24.4. The fourth-order valence-corrected chi connectivity index (χ4v) is 4.38. The van der Waals surface area contributed by atoms with Gasteiger partial charge in [0, 0.05) is 33.2 Å². The molecule has 0 aromatic heterocycles. The van der Waals surface area contributed by atoms with Crippen molar-refractivity contribution in [3.05, 3.63) is 24.3 Å². The summed E-state index contributed by atoms with van der Waals surface area (Å²) in [6.07, 6.45) is -1.50. The number of hydrogen-bond acceptors (Lipinski definition) is 9. The number of rotatable bonds is 7. The van der Waals surface area contributed by atoms with Gasteiger partial charge in [0.2, 0.25) is 0 Å². The van der Waals surface area contributed by atoms with Crippen molar-refractivity contribution in [3.63, 3.8) is 0 Å². The van der Waals surface area contributed by atoms with Gasteiger partial charge < -0.3 is 34.2 Å². The largest absolute Gasteiger partial charge is 0.497 e. The number of methoxy groups -OCH3 is 1. The molecule has 11 heteroatoms. The Morgan fingerprint density at radius 3 is 2.45 bits per heavy atom. The number of amides is 3. The number of aliphatic imine (C=N–C) groups is 1. The zero-order valence-corrected chi connectivity index (χ0v) is 19.3. The highest BCUT2D eigenvalue weighted by Gasteiger charge is 2.50. The van der Waals surface area contributed by atoms with Crippen molar-refractivity contribution in [2.75, 3.05) is 60.0 Å². The van der Waals surface area contributed by atoms with Crippen LogP contribution in [-0.4, -0.2) is 121 Å². The number of likely N-dealkylation sites (N-methyl/N-ethyl adjacent to an activating group) is 2. The summed E-state index contributed by atoms with van der Waals surface area (Å²) >= 11 is 0. The van der Waals surface area contributed by atoms with Gasteiger partial charge in [0.15, 0.2) is 18.2 Å². The van der Waals surface area contributed by atoms with E-state index in [-0.39, 0.29) is 13.2 Å². The zero-order chi connectivity index (χ0) is 23.5. The van der Waals surface area contributed by atoms with Crippen molar-refractivity contribution in [1.29, 1.82) is 0 Å². The van der Waals surface area contributed by atoms with Crippen LogP contribution < -0.4 is 14.8 Å². The number of aliphatic hydroxyl groups is 1. The SMILES string of the molecule is CCN1CCN(C2=NC3C(C(=O)NC(=O)N3C)N2CC(O)COc2ccc(OC)cc2)CC1. The molecule has 0 radical (unpaired) electrons. The Kier molecular flexibility index (Phi) is 6.89. The second-order valence-corrected chi connectivity index (χ2v) is 8.41. The van der Waals surface area contributed by atoms with E-state index in [4.69, 9.17) is 14.5 Å². The van der Waals surface area contributed by atoms with Crippen LogP contribution in [0.4, 0.5) is 4.79 Å². The molecule has 0 spiro atoms. The van der Waals surface area contributed by atoms with Gasteiger partial charge in [-0.05, 0) is 30.8 Å². The van der Waals surface area contributed by atoms with Gasteiger partial charge in [0.05, 0.1) is 13.7 Å². The van der Waals surface area contributed by atoms with Gasteiger partial charge in [-0.3, -0.25) is 10.1 Å². The number of hydrogen-bond donors (Lipinski definition) is 2. The summed E-state index contributed by atoms with van der Waals surface area (Å²) in [4.78, 5) is 37.4. The number of β-amino-alcohol motifs (C(OH)–C–C–N with tert-alkyl or cyclic N) is 1. The molecule has 3 heterocycles. The smallest absolute Gasteiger partial charge is 0.325 e. The Labute approximate surface area is 193 Å². The second kappa shape index (κ2) is 9.84. The first kappa shape index (κ1) is 23.1. The molecule has 2 N–H and O–H groups in total. The van der Waals surface area contributed by atoms with Crippen molar-refractivity contribution in [3.8, 4) is 11.5 Å². The topological polar surface area (TPSA) is 110 Å². The highest BCUT2D eigenvalue weighted by atomic mass is 16.5. The highest BCUT2D eigenvalue weighted by molar-refractivity contribution is 6.03. The summed E-state index contributed by atoms with van der Waals surface area (Å²) in [5.74, 6) is 1.56. The summed E-state index contributed by atoms with van der Waals surface area (Å²) in [7, 11) is 3.22.